The van der Waals surface area contributed by atoms with Crippen LogP contribution in [0.3, 0.4) is 0 Å². The quantitative estimate of drug-likeness (QED) is 0.894. The second kappa shape index (κ2) is 5.49. The average Bonchev–Trinajstić information content (AvgIpc) is 2.35. The summed E-state index contributed by atoms with van der Waals surface area (Å²) in [5, 5.41) is 8.98. The third-order valence-corrected chi connectivity index (χ3v) is 4.49. The first-order valence-electron chi connectivity index (χ1n) is 6.39. The van der Waals surface area contributed by atoms with Crippen molar-refractivity contribution < 1.29 is 14.3 Å². The Morgan fingerprint density at radius 3 is 2.74 bits per heavy atom. The molecule has 19 heavy (non-hydrogen) atoms. The van der Waals surface area contributed by atoms with Gasteiger partial charge in [-0.15, -0.1) is 0 Å². The number of benzene rings is 1. The van der Waals surface area contributed by atoms with E-state index in [-0.39, 0.29) is 16.1 Å². The summed E-state index contributed by atoms with van der Waals surface area (Å²) >= 11 is 3.05. The van der Waals surface area contributed by atoms with E-state index in [2.05, 4.69) is 29.8 Å². The van der Waals surface area contributed by atoms with Gasteiger partial charge in [0.25, 0.3) is 0 Å². The zero-order valence-electron chi connectivity index (χ0n) is 11.0. The van der Waals surface area contributed by atoms with Crippen molar-refractivity contribution in [1.29, 1.82) is 0 Å². The Hall–Kier alpha value is -1.10. The Kier molecular flexibility index (Phi) is 4.13. The van der Waals surface area contributed by atoms with Gasteiger partial charge in [0.2, 0.25) is 0 Å². The van der Waals surface area contributed by atoms with Crippen LogP contribution in [0, 0.1) is 11.7 Å². The molecule has 1 N–H and O–H groups in total. The largest absolute Gasteiger partial charge is 0.478 e. The third-order valence-electron chi connectivity index (χ3n) is 3.72. The van der Waals surface area contributed by atoms with Crippen LogP contribution in [0.2, 0.25) is 0 Å². The number of nitrogens with zero attached hydrogens (tertiary/aromatic N) is 1. The van der Waals surface area contributed by atoms with Gasteiger partial charge in [0.1, 0.15) is 0 Å². The molecule has 1 heterocycles. The van der Waals surface area contributed by atoms with Gasteiger partial charge in [-0.05, 0) is 53.7 Å². The van der Waals surface area contributed by atoms with E-state index in [1.807, 2.05) is 4.90 Å². The van der Waals surface area contributed by atoms with E-state index < -0.39 is 11.8 Å². The predicted molar refractivity (Wildman–Crippen MR) is 76.3 cm³/mol. The number of halogens is 2. The summed E-state index contributed by atoms with van der Waals surface area (Å²) in [6.45, 7) is 5.03. The molecule has 0 aromatic heterocycles. The molecule has 2 unspecified atom stereocenters. The Morgan fingerprint density at radius 1 is 1.42 bits per heavy atom. The monoisotopic (exact) mass is 329 g/mol. The number of rotatable bonds is 2. The second-order valence-electron chi connectivity index (χ2n) is 5.25. The fraction of sp³-hybridized carbons (Fsp3) is 0.500. The smallest absolute Gasteiger partial charge is 0.336 e. The number of carboxylic acids is 1. The van der Waals surface area contributed by atoms with Crippen LogP contribution < -0.4 is 4.90 Å². The lowest BCUT2D eigenvalue weighted by Crippen LogP contribution is -2.41. The maximum absolute atomic E-state index is 14.4. The standard InChI is InChI=1S/C14H17BrFNO2/c1-8-3-4-9(2)17(7-8)11-6-5-10(14(18)19)12(15)13(11)16/h5-6,8-9H,3-4,7H2,1-2H3,(H,18,19). The SMILES string of the molecule is CC1CCC(C)N(c2ccc(C(=O)O)c(Br)c2F)C1. The second-order valence-corrected chi connectivity index (χ2v) is 6.04. The topological polar surface area (TPSA) is 40.5 Å². The molecule has 2 atom stereocenters. The molecule has 0 saturated carbocycles. The molecule has 1 saturated heterocycles. The van der Waals surface area contributed by atoms with Crippen molar-refractivity contribution >= 4 is 27.6 Å². The molecule has 1 aliphatic heterocycles. The number of aromatic carboxylic acids is 1. The number of carboxylic acid groups (broad SMARTS) is 1. The highest BCUT2D eigenvalue weighted by atomic mass is 79.9. The lowest BCUT2D eigenvalue weighted by Gasteiger charge is -2.38. The lowest BCUT2D eigenvalue weighted by atomic mass is 9.94. The molecule has 1 aliphatic rings. The van der Waals surface area contributed by atoms with Gasteiger partial charge in [-0.2, -0.15) is 0 Å². The molecule has 0 amide bonds. The Morgan fingerprint density at radius 2 is 2.11 bits per heavy atom. The van der Waals surface area contributed by atoms with Crippen molar-refractivity contribution in [2.45, 2.75) is 32.7 Å². The van der Waals surface area contributed by atoms with E-state index in [1.54, 1.807) is 6.07 Å². The summed E-state index contributed by atoms with van der Waals surface area (Å²) < 4.78 is 14.4. The molecule has 1 aromatic carbocycles. The van der Waals surface area contributed by atoms with Gasteiger partial charge in [0.15, 0.2) is 5.82 Å². The number of anilines is 1. The summed E-state index contributed by atoms with van der Waals surface area (Å²) in [5.74, 6) is -1.09. The molecule has 0 radical (unpaired) electrons. The highest BCUT2D eigenvalue weighted by Gasteiger charge is 2.27. The highest BCUT2D eigenvalue weighted by Crippen LogP contribution is 2.34. The molecule has 0 spiro atoms. The van der Waals surface area contributed by atoms with Gasteiger partial charge in [-0.1, -0.05) is 6.92 Å². The fourth-order valence-corrected chi connectivity index (χ4v) is 3.06. The maximum Gasteiger partial charge on any atom is 0.336 e. The Labute approximate surface area is 120 Å². The molecule has 104 valence electrons. The minimum Gasteiger partial charge on any atom is -0.478 e. The van der Waals surface area contributed by atoms with Crippen LogP contribution in [0.5, 0.6) is 0 Å². The van der Waals surface area contributed by atoms with Gasteiger partial charge < -0.3 is 10.0 Å². The Balaban J connectivity index is 2.40. The van der Waals surface area contributed by atoms with Crippen molar-refractivity contribution in [1.82, 2.24) is 0 Å². The van der Waals surface area contributed by atoms with E-state index in [0.717, 1.165) is 19.4 Å². The van der Waals surface area contributed by atoms with Crippen LogP contribution in [0.15, 0.2) is 16.6 Å². The molecule has 2 rings (SSSR count). The minimum atomic E-state index is -1.13. The number of hydrogen-bond acceptors (Lipinski definition) is 2. The average molecular weight is 330 g/mol. The van der Waals surface area contributed by atoms with Crippen LogP contribution in [0.25, 0.3) is 0 Å². The zero-order valence-corrected chi connectivity index (χ0v) is 12.6. The van der Waals surface area contributed by atoms with Gasteiger partial charge >= 0.3 is 5.97 Å². The zero-order chi connectivity index (χ0) is 14.2. The van der Waals surface area contributed by atoms with Gasteiger partial charge in [0.05, 0.1) is 15.7 Å². The first-order valence-corrected chi connectivity index (χ1v) is 7.19. The first kappa shape index (κ1) is 14.3. The normalized spacial score (nSPS) is 23.5. The fourth-order valence-electron chi connectivity index (χ4n) is 2.55. The first-order chi connectivity index (χ1) is 8.91. The maximum atomic E-state index is 14.4. The van der Waals surface area contributed by atoms with E-state index in [9.17, 15) is 9.18 Å². The molecule has 1 fully saturated rings. The number of piperidine rings is 1. The molecule has 3 nitrogen and oxygen atoms in total. The van der Waals surface area contributed by atoms with Crippen LogP contribution >= 0.6 is 15.9 Å². The lowest BCUT2D eigenvalue weighted by molar-refractivity contribution is 0.0695. The highest BCUT2D eigenvalue weighted by molar-refractivity contribution is 9.10. The molecular formula is C14H17BrFNO2. The van der Waals surface area contributed by atoms with E-state index in [4.69, 9.17) is 5.11 Å². The van der Waals surface area contributed by atoms with Crippen molar-refractivity contribution in [3.63, 3.8) is 0 Å². The summed E-state index contributed by atoms with van der Waals surface area (Å²) in [5.41, 5.74) is 0.440. The van der Waals surface area contributed by atoms with Crippen LogP contribution in [0.1, 0.15) is 37.0 Å². The van der Waals surface area contributed by atoms with Crippen LogP contribution in [0.4, 0.5) is 10.1 Å². The minimum absolute atomic E-state index is 0.0305. The van der Waals surface area contributed by atoms with Gasteiger partial charge in [-0.25, -0.2) is 9.18 Å². The molecular weight excluding hydrogens is 313 g/mol. The number of hydrogen-bond donors (Lipinski definition) is 1. The molecule has 0 aliphatic carbocycles. The van der Waals surface area contributed by atoms with Crippen LogP contribution in [-0.2, 0) is 0 Å². The van der Waals surface area contributed by atoms with Gasteiger partial charge in [0, 0.05) is 12.6 Å². The summed E-state index contributed by atoms with van der Waals surface area (Å²) in [7, 11) is 0. The molecule has 0 bridgehead atoms. The van der Waals surface area contributed by atoms with Crippen molar-refractivity contribution in [2.24, 2.45) is 5.92 Å². The van der Waals surface area contributed by atoms with Gasteiger partial charge in [-0.3, -0.25) is 0 Å². The van der Waals surface area contributed by atoms with Crippen molar-refractivity contribution in [3.8, 4) is 0 Å². The van der Waals surface area contributed by atoms with E-state index in [1.165, 1.54) is 6.07 Å². The molecule has 1 aromatic rings. The Bertz CT molecular complexity index is 506. The summed E-state index contributed by atoms with van der Waals surface area (Å²) in [6.07, 6.45) is 2.17. The van der Waals surface area contributed by atoms with Crippen molar-refractivity contribution in [2.75, 3.05) is 11.4 Å². The van der Waals surface area contributed by atoms with Crippen LogP contribution in [-0.4, -0.2) is 23.7 Å². The van der Waals surface area contributed by atoms with Crippen molar-refractivity contribution in [3.05, 3.63) is 28.0 Å². The molecule has 5 heteroatoms. The third kappa shape index (κ3) is 2.76. The van der Waals surface area contributed by atoms with E-state index >= 15 is 0 Å². The number of carbonyl (C=O) groups is 1. The summed E-state index contributed by atoms with van der Waals surface area (Å²) in [4.78, 5) is 13.0. The predicted octanol–water partition coefficient (Wildman–Crippen LogP) is 3.91. The van der Waals surface area contributed by atoms with E-state index in [0.29, 0.717) is 11.6 Å². The summed E-state index contributed by atoms with van der Waals surface area (Å²) in [6, 6.07) is 3.29.